The predicted molar refractivity (Wildman–Crippen MR) is 106 cm³/mol. The van der Waals surface area contributed by atoms with Crippen LogP contribution < -0.4 is 10.9 Å². The fourth-order valence-corrected chi connectivity index (χ4v) is 5.53. The maximum atomic E-state index is 13.0. The number of nitrogens with zero attached hydrogens (tertiary/aromatic N) is 2. The number of thioether (sulfide) groups is 1. The molecule has 9 heteroatoms. The Hall–Kier alpha value is -1.87. The highest BCUT2D eigenvalue weighted by atomic mass is 32.2. The zero-order valence-corrected chi connectivity index (χ0v) is 17.3. The van der Waals surface area contributed by atoms with E-state index >= 15 is 0 Å². The fourth-order valence-electron chi connectivity index (χ4n) is 3.22. The number of methoxy groups -OCH3 is 1. The molecule has 0 bridgehead atoms. The van der Waals surface area contributed by atoms with E-state index in [1.165, 1.54) is 29.3 Å². The second-order valence-electron chi connectivity index (χ2n) is 6.62. The van der Waals surface area contributed by atoms with Crippen molar-refractivity contribution in [3.63, 3.8) is 0 Å². The lowest BCUT2D eigenvalue weighted by atomic mass is 9.89. The molecule has 27 heavy (non-hydrogen) atoms. The smallest absolute Gasteiger partial charge is 0.325 e. The third-order valence-corrected chi connectivity index (χ3v) is 6.81. The number of hydrogen-bond donors (Lipinski definition) is 1. The zero-order valence-electron chi connectivity index (χ0n) is 15.7. The lowest BCUT2D eigenvalue weighted by molar-refractivity contribution is -0.140. The number of aryl methyl sites for hydroxylation is 1. The van der Waals surface area contributed by atoms with Crippen LogP contribution in [0, 0.1) is 5.92 Å². The van der Waals surface area contributed by atoms with E-state index in [0.29, 0.717) is 17.6 Å². The van der Waals surface area contributed by atoms with Crippen molar-refractivity contribution in [1.29, 1.82) is 0 Å². The summed E-state index contributed by atoms with van der Waals surface area (Å²) in [5, 5.41) is 3.78. The molecule has 1 aliphatic carbocycles. The number of thiophene rings is 1. The molecule has 0 saturated heterocycles. The summed E-state index contributed by atoms with van der Waals surface area (Å²) in [4.78, 5) is 42.8. The number of amides is 1. The summed E-state index contributed by atoms with van der Waals surface area (Å²) in [5.41, 5.74) is 1.15. The highest BCUT2D eigenvalue weighted by molar-refractivity contribution is 7.99. The molecule has 1 atom stereocenters. The van der Waals surface area contributed by atoms with E-state index in [1.54, 1.807) is 15.9 Å². The molecule has 7 nitrogen and oxygen atoms in total. The van der Waals surface area contributed by atoms with Gasteiger partial charge in [-0.1, -0.05) is 18.7 Å². The first-order chi connectivity index (χ1) is 12.9. The van der Waals surface area contributed by atoms with Crippen LogP contribution >= 0.6 is 23.1 Å². The Bertz CT molecular complexity index is 935. The third kappa shape index (κ3) is 4.19. The van der Waals surface area contributed by atoms with Crippen LogP contribution in [0.3, 0.4) is 0 Å². The molecule has 1 aliphatic rings. The van der Waals surface area contributed by atoms with E-state index in [9.17, 15) is 14.4 Å². The van der Waals surface area contributed by atoms with Gasteiger partial charge in [0, 0.05) is 11.4 Å². The molecular formula is C18H23N3O4S2. The molecular weight excluding hydrogens is 386 g/mol. The first kappa shape index (κ1) is 19.9. The standard InChI is InChI=1S/C18H23N3O4S2/c1-4-21-17(24)15-11-6-5-10(2)7-12(11)27-16(15)20-18(21)26-9-13(22)19-8-14(23)25-3/h10H,4-9H2,1-3H3,(H,19,22)/t10-/m1/s1. The summed E-state index contributed by atoms with van der Waals surface area (Å²) >= 11 is 2.81. The van der Waals surface area contributed by atoms with Crippen molar-refractivity contribution in [3.8, 4) is 0 Å². The van der Waals surface area contributed by atoms with Crippen molar-refractivity contribution in [2.45, 2.75) is 44.8 Å². The largest absolute Gasteiger partial charge is 0.468 e. The van der Waals surface area contributed by atoms with Crippen molar-refractivity contribution in [2.24, 2.45) is 5.92 Å². The highest BCUT2D eigenvalue weighted by Crippen LogP contribution is 2.36. The van der Waals surface area contributed by atoms with Crippen LogP contribution in [0.15, 0.2) is 9.95 Å². The molecule has 0 spiro atoms. The number of nitrogens with one attached hydrogen (secondary N) is 1. The van der Waals surface area contributed by atoms with Gasteiger partial charge in [-0.3, -0.25) is 19.0 Å². The molecule has 0 fully saturated rings. The van der Waals surface area contributed by atoms with Gasteiger partial charge in [0.05, 0.1) is 18.2 Å². The Morgan fingerprint density at radius 2 is 2.22 bits per heavy atom. The average Bonchev–Trinajstić information content (AvgIpc) is 3.01. The van der Waals surface area contributed by atoms with Gasteiger partial charge in [0.15, 0.2) is 5.16 Å². The van der Waals surface area contributed by atoms with E-state index in [2.05, 4.69) is 17.0 Å². The fraction of sp³-hybridized carbons (Fsp3) is 0.556. The third-order valence-electron chi connectivity index (χ3n) is 4.69. The van der Waals surface area contributed by atoms with Gasteiger partial charge in [0.1, 0.15) is 11.4 Å². The second kappa shape index (κ2) is 8.43. The van der Waals surface area contributed by atoms with Crippen molar-refractivity contribution in [3.05, 3.63) is 20.8 Å². The van der Waals surface area contributed by atoms with Gasteiger partial charge in [-0.05, 0) is 37.7 Å². The average molecular weight is 410 g/mol. The molecule has 1 amide bonds. The maximum Gasteiger partial charge on any atom is 0.325 e. The van der Waals surface area contributed by atoms with E-state index in [1.807, 2.05) is 6.92 Å². The summed E-state index contributed by atoms with van der Waals surface area (Å²) in [5.74, 6) is -0.0957. The minimum Gasteiger partial charge on any atom is -0.468 e. The van der Waals surface area contributed by atoms with Gasteiger partial charge in [0.25, 0.3) is 5.56 Å². The van der Waals surface area contributed by atoms with Crippen molar-refractivity contribution in [2.75, 3.05) is 19.4 Å². The van der Waals surface area contributed by atoms with E-state index in [4.69, 9.17) is 4.98 Å². The van der Waals surface area contributed by atoms with Crippen LogP contribution in [-0.4, -0.2) is 40.8 Å². The van der Waals surface area contributed by atoms with Gasteiger partial charge in [-0.15, -0.1) is 11.3 Å². The van der Waals surface area contributed by atoms with Crippen LogP contribution in [0.1, 0.15) is 30.7 Å². The summed E-state index contributed by atoms with van der Waals surface area (Å²) in [6.45, 7) is 4.46. The van der Waals surface area contributed by atoms with Gasteiger partial charge in [-0.25, -0.2) is 4.98 Å². The molecule has 2 aromatic rings. The molecule has 146 valence electrons. The molecule has 0 aromatic carbocycles. The number of fused-ring (bicyclic) bond motifs is 3. The number of carbonyl (C=O) groups is 2. The quantitative estimate of drug-likeness (QED) is 0.446. The number of aromatic nitrogens is 2. The number of carbonyl (C=O) groups excluding carboxylic acids is 2. The van der Waals surface area contributed by atoms with Crippen LogP contribution in [-0.2, 0) is 33.7 Å². The molecule has 1 N–H and O–H groups in total. The Morgan fingerprint density at radius 3 is 2.93 bits per heavy atom. The first-order valence-corrected chi connectivity index (χ1v) is 10.8. The van der Waals surface area contributed by atoms with E-state index < -0.39 is 5.97 Å². The molecule has 2 aromatic heterocycles. The Morgan fingerprint density at radius 1 is 1.44 bits per heavy atom. The first-order valence-electron chi connectivity index (χ1n) is 8.96. The molecule has 0 radical (unpaired) electrons. The van der Waals surface area contributed by atoms with Gasteiger partial charge in [0.2, 0.25) is 5.91 Å². The predicted octanol–water partition coefficient (Wildman–Crippen LogP) is 1.98. The number of rotatable bonds is 6. The second-order valence-corrected chi connectivity index (χ2v) is 8.64. The summed E-state index contributed by atoms with van der Waals surface area (Å²) in [7, 11) is 1.27. The number of esters is 1. The molecule has 2 heterocycles. The number of ether oxygens (including phenoxy) is 1. The highest BCUT2D eigenvalue weighted by Gasteiger charge is 2.24. The van der Waals surface area contributed by atoms with Gasteiger partial charge >= 0.3 is 5.97 Å². The van der Waals surface area contributed by atoms with Crippen molar-refractivity contribution < 1.29 is 14.3 Å². The van der Waals surface area contributed by atoms with Crippen LogP contribution in [0.5, 0.6) is 0 Å². The summed E-state index contributed by atoms with van der Waals surface area (Å²) in [6, 6.07) is 0. The minimum absolute atomic E-state index is 0.0213. The Kier molecular flexibility index (Phi) is 6.21. The molecule has 0 aliphatic heterocycles. The normalized spacial score (nSPS) is 16.2. The lowest BCUT2D eigenvalue weighted by Crippen LogP contribution is -2.31. The SMILES string of the molecule is CCn1c(SCC(=O)NCC(=O)OC)nc2sc3c(c2c1=O)CC[C@@H](C)C3. The van der Waals surface area contributed by atoms with Crippen molar-refractivity contribution >= 4 is 45.2 Å². The van der Waals surface area contributed by atoms with Gasteiger partial charge in [-0.2, -0.15) is 0 Å². The molecule has 0 saturated carbocycles. The van der Waals surface area contributed by atoms with Crippen molar-refractivity contribution in [1.82, 2.24) is 14.9 Å². The maximum absolute atomic E-state index is 13.0. The topological polar surface area (TPSA) is 90.3 Å². The number of hydrogen-bond acceptors (Lipinski definition) is 7. The molecule has 0 unspecified atom stereocenters. The molecule has 3 rings (SSSR count). The lowest BCUT2D eigenvalue weighted by Gasteiger charge is -2.17. The van der Waals surface area contributed by atoms with E-state index in [0.717, 1.165) is 29.5 Å². The van der Waals surface area contributed by atoms with Gasteiger partial charge < -0.3 is 10.1 Å². The summed E-state index contributed by atoms with van der Waals surface area (Å²) < 4.78 is 6.12. The Balaban J connectivity index is 1.84. The summed E-state index contributed by atoms with van der Waals surface area (Å²) in [6.07, 6.45) is 3.03. The van der Waals surface area contributed by atoms with E-state index in [-0.39, 0.29) is 23.8 Å². The zero-order chi connectivity index (χ0) is 19.6. The van der Waals surface area contributed by atoms with Crippen LogP contribution in [0.25, 0.3) is 10.2 Å². The van der Waals surface area contributed by atoms with Crippen LogP contribution in [0.2, 0.25) is 0 Å². The van der Waals surface area contributed by atoms with Crippen LogP contribution in [0.4, 0.5) is 0 Å². The minimum atomic E-state index is -0.503. The Labute approximate surface area is 165 Å². The monoisotopic (exact) mass is 409 g/mol.